The molecule has 5 heteroatoms. The molecule has 22 heavy (non-hydrogen) atoms. The van der Waals surface area contributed by atoms with Crippen LogP contribution in [0, 0.1) is 24.3 Å². The van der Waals surface area contributed by atoms with Crippen LogP contribution in [-0.4, -0.2) is 32.9 Å². The molecule has 0 bridgehead atoms. The lowest BCUT2D eigenvalue weighted by molar-refractivity contribution is 0.517. The number of rotatable bonds is 3. The van der Waals surface area contributed by atoms with Crippen molar-refractivity contribution in [3.05, 3.63) is 29.8 Å². The van der Waals surface area contributed by atoms with Gasteiger partial charge >= 0.3 is 0 Å². The summed E-state index contributed by atoms with van der Waals surface area (Å²) < 4.78 is 27.2. The van der Waals surface area contributed by atoms with Crippen LogP contribution in [0.15, 0.2) is 29.2 Å². The zero-order chi connectivity index (χ0) is 16.7. The molecular weight excluding hydrogens is 310 g/mol. The van der Waals surface area contributed by atoms with Gasteiger partial charge in [-0.2, -0.15) is 4.31 Å². The summed E-state index contributed by atoms with van der Waals surface area (Å²) >= 11 is 0. The van der Waals surface area contributed by atoms with Crippen LogP contribution in [0.4, 0.5) is 0 Å². The molecule has 0 saturated carbocycles. The van der Waals surface area contributed by atoms with Crippen LogP contribution in [0.2, 0.25) is 19.6 Å². The van der Waals surface area contributed by atoms with E-state index in [0.717, 1.165) is 5.56 Å². The first-order valence-electron chi connectivity index (χ1n) is 7.67. The van der Waals surface area contributed by atoms with E-state index in [1.165, 1.54) is 0 Å². The molecule has 1 heterocycles. The molecule has 0 aliphatic carbocycles. The largest absolute Gasteiger partial charge is 0.244 e. The van der Waals surface area contributed by atoms with Crippen molar-refractivity contribution in [2.75, 3.05) is 0 Å². The van der Waals surface area contributed by atoms with Gasteiger partial charge in [-0.05, 0) is 25.0 Å². The minimum Gasteiger partial charge on any atom is -0.207 e. The first-order valence-corrected chi connectivity index (χ1v) is 12.6. The Morgan fingerprint density at radius 3 is 2.14 bits per heavy atom. The van der Waals surface area contributed by atoms with Gasteiger partial charge in [0.25, 0.3) is 0 Å². The average molecular weight is 336 g/mol. The fourth-order valence-electron chi connectivity index (χ4n) is 2.47. The highest BCUT2D eigenvalue weighted by Gasteiger charge is 2.56. The molecule has 1 aliphatic rings. The third kappa shape index (κ3) is 3.62. The zero-order valence-electron chi connectivity index (χ0n) is 14.2. The van der Waals surface area contributed by atoms with Gasteiger partial charge in [-0.25, -0.2) is 8.42 Å². The highest BCUT2D eigenvalue weighted by atomic mass is 32.2. The maximum atomic E-state index is 12.8. The summed E-state index contributed by atoms with van der Waals surface area (Å²) in [5.74, 6) is 3.49. The van der Waals surface area contributed by atoms with Crippen molar-refractivity contribution in [3.63, 3.8) is 0 Å². The summed E-state index contributed by atoms with van der Waals surface area (Å²) in [5.41, 5.74) is 4.37. The Morgan fingerprint density at radius 2 is 1.68 bits per heavy atom. The van der Waals surface area contributed by atoms with E-state index in [2.05, 4.69) is 45.0 Å². The summed E-state index contributed by atoms with van der Waals surface area (Å²) in [7, 11) is -4.95. The van der Waals surface area contributed by atoms with Gasteiger partial charge in [-0.1, -0.05) is 57.1 Å². The fourth-order valence-corrected chi connectivity index (χ4v) is 4.87. The van der Waals surface area contributed by atoms with E-state index < -0.39 is 18.1 Å². The second-order valence-electron chi connectivity index (χ2n) is 7.35. The smallest absolute Gasteiger partial charge is 0.207 e. The van der Waals surface area contributed by atoms with Crippen LogP contribution >= 0.6 is 0 Å². The van der Waals surface area contributed by atoms with Gasteiger partial charge in [0.1, 0.15) is 14.1 Å². The summed E-state index contributed by atoms with van der Waals surface area (Å²) in [6, 6.07) is 6.87. The molecule has 3 atom stereocenters. The number of hydrogen-bond donors (Lipinski definition) is 0. The summed E-state index contributed by atoms with van der Waals surface area (Å²) in [6.07, 6.45) is 0. The molecule has 1 fully saturated rings. The lowest BCUT2D eigenvalue weighted by Crippen LogP contribution is -2.18. The Labute approximate surface area is 135 Å². The molecule has 120 valence electrons. The van der Waals surface area contributed by atoms with Crippen molar-refractivity contribution in [3.8, 4) is 11.5 Å². The first-order chi connectivity index (χ1) is 10.0. The minimum atomic E-state index is -3.45. The second kappa shape index (κ2) is 5.84. The Balaban J connectivity index is 2.33. The van der Waals surface area contributed by atoms with Crippen LogP contribution in [0.3, 0.4) is 0 Å². The molecule has 0 radical (unpaired) electrons. The standard InChI is InChI=1S/C17H25NO2SSi/c1-13(2)17-16(11-12-22(4,5)6)18(17)21(19,20)15-9-7-14(3)8-10-15/h7-10,13,16-17H,1-6H3/t16-,17-,18?/m0/s1. The minimum absolute atomic E-state index is 0.00449. The topological polar surface area (TPSA) is 37.1 Å². The molecule has 3 nitrogen and oxygen atoms in total. The first kappa shape index (κ1) is 17.3. The highest BCUT2D eigenvalue weighted by molar-refractivity contribution is 7.89. The van der Waals surface area contributed by atoms with Gasteiger partial charge in [0, 0.05) is 0 Å². The predicted octanol–water partition coefficient (Wildman–Crippen LogP) is 3.27. The fraction of sp³-hybridized carbons (Fsp3) is 0.529. The molecule has 1 aromatic carbocycles. The zero-order valence-corrected chi connectivity index (χ0v) is 16.0. The summed E-state index contributed by atoms with van der Waals surface area (Å²) in [5, 5.41) is 0. The Morgan fingerprint density at radius 1 is 1.14 bits per heavy atom. The Bertz CT molecular complexity index is 706. The molecule has 1 aliphatic heterocycles. The van der Waals surface area contributed by atoms with E-state index in [4.69, 9.17) is 0 Å². The van der Waals surface area contributed by atoms with E-state index in [0.29, 0.717) is 4.90 Å². The van der Waals surface area contributed by atoms with Crippen LogP contribution in [0.25, 0.3) is 0 Å². The maximum Gasteiger partial charge on any atom is 0.244 e. The number of benzene rings is 1. The third-order valence-electron chi connectivity index (χ3n) is 3.68. The van der Waals surface area contributed by atoms with E-state index >= 15 is 0 Å². The Kier molecular flexibility index (Phi) is 4.58. The molecule has 0 aromatic heterocycles. The van der Waals surface area contributed by atoms with E-state index in [1.54, 1.807) is 16.4 Å². The van der Waals surface area contributed by atoms with Gasteiger partial charge in [0.15, 0.2) is 0 Å². The summed E-state index contributed by atoms with van der Waals surface area (Å²) in [6.45, 7) is 12.6. The lowest BCUT2D eigenvalue weighted by Gasteiger charge is -2.08. The highest BCUT2D eigenvalue weighted by Crippen LogP contribution is 2.39. The second-order valence-corrected chi connectivity index (χ2v) is 13.9. The van der Waals surface area contributed by atoms with Gasteiger partial charge in [0.2, 0.25) is 10.0 Å². The maximum absolute atomic E-state index is 12.8. The Hall–Kier alpha value is -1.09. The van der Waals surface area contributed by atoms with Crippen molar-refractivity contribution >= 4 is 18.1 Å². The SMILES string of the molecule is Cc1ccc(S(=O)(=O)N2[C@@H](C#C[Si](C)(C)C)[C@@H]2C(C)C)cc1. The van der Waals surface area contributed by atoms with Crippen LogP contribution in [0.1, 0.15) is 19.4 Å². The van der Waals surface area contributed by atoms with Crippen molar-refractivity contribution in [1.82, 2.24) is 4.31 Å². The average Bonchev–Trinajstić information content (AvgIpc) is 3.11. The summed E-state index contributed by atoms with van der Waals surface area (Å²) in [4.78, 5) is 0.362. The van der Waals surface area contributed by atoms with E-state index in [-0.39, 0.29) is 18.0 Å². The molecule has 0 spiro atoms. The van der Waals surface area contributed by atoms with Crippen molar-refractivity contribution < 1.29 is 8.42 Å². The third-order valence-corrected chi connectivity index (χ3v) is 6.46. The monoisotopic (exact) mass is 335 g/mol. The van der Waals surface area contributed by atoms with Gasteiger partial charge in [0.05, 0.1) is 10.9 Å². The molecule has 2 rings (SSSR count). The van der Waals surface area contributed by atoms with Crippen LogP contribution in [0.5, 0.6) is 0 Å². The lowest BCUT2D eigenvalue weighted by atomic mass is 10.1. The normalized spacial score (nSPS) is 24.8. The van der Waals surface area contributed by atoms with Crippen LogP contribution in [-0.2, 0) is 10.0 Å². The predicted molar refractivity (Wildman–Crippen MR) is 93.7 cm³/mol. The van der Waals surface area contributed by atoms with Gasteiger partial charge in [-0.15, -0.1) is 5.54 Å². The molecule has 0 amide bonds. The molecule has 1 saturated heterocycles. The van der Waals surface area contributed by atoms with Crippen molar-refractivity contribution in [2.45, 2.75) is 57.4 Å². The molecule has 1 aromatic rings. The number of hydrogen-bond acceptors (Lipinski definition) is 2. The van der Waals surface area contributed by atoms with Gasteiger partial charge < -0.3 is 0 Å². The molecule has 1 unspecified atom stereocenters. The van der Waals surface area contributed by atoms with Crippen LogP contribution < -0.4 is 0 Å². The molecular formula is C17H25NO2SSi. The number of sulfonamides is 1. The van der Waals surface area contributed by atoms with Crippen molar-refractivity contribution in [1.29, 1.82) is 0 Å². The van der Waals surface area contributed by atoms with E-state index in [9.17, 15) is 8.42 Å². The van der Waals surface area contributed by atoms with Crippen molar-refractivity contribution in [2.24, 2.45) is 5.92 Å². The molecule has 0 N–H and O–H groups in total. The number of aryl methyl sites for hydroxylation is 1. The number of nitrogens with zero attached hydrogens (tertiary/aromatic N) is 1. The van der Waals surface area contributed by atoms with E-state index in [1.807, 2.05) is 19.1 Å². The quantitative estimate of drug-likeness (QED) is 0.483. The van der Waals surface area contributed by atoms with Gasteiger partial charge in [-0.3, -0.25) is 0 Å².